The summed E-state index contributed by atoms with van der Waals surface area (Å²) in [6.07, 6.45) is 0.653. The lowest BCUT2D eigenvalue weighted by atomic mass is 9.96. The molecule has 0 fully saturated rings. The van der Waals surface area contributed by atoms with Crippen molar-refractivity contribution < 1.29 is 14.6 Å². The van der Waals surface area contributed by atoms with Crippen molar-refractivity contribution >= 4 is 99.2 Å². The summed E-state index contributed by atoms with van der Waals surface area (Å²) in [6, 6.07) is 3.01. The molecule has 22 heavy (non-hydrogen) atoms. The maximum absolute atomic E-state index is 11.4. The van der Waals surface area contributed by atoms with E-state index in [9.17, 15) is 9.90 Å². The SMILES string of the molecule is [B]c1cc(Br)c(O)c(Oc2c(Br)c(Br)c(Br)c(Br)c2C=O)c1. The molecule has 2 radical (unpaired) electrons. The molecular formula is C13H4BBr5O3. The highest BCUT2D eigenvalue weighted by molar-refractivity contribution is 9.15. The number of benzene rings is 2. The van der Waals surface area contributed by atoms with Crippen LogP contribution in [0.2, 0.25) is 0 Å². The van der Waals surface area contributed by atoms with E-state index in [1.54, 1.807) is 6.07 Å². The van der Waals surface area contributed by atoms with Crippen LogP contribution in [0.15, 0.2) is 34.5 Å². The van der Waals surface area contributed by atoms with Crippen molar-refractivity contribution in [3.05, 3.63) is 40.1 Å². The van der Waals surface area contributed by atoms with E-state index in [-0.39, 0.29) is 22.8 Å². The Labute approximate surface area is 169 Å². The lowest BCUT2D eigenvalue weighted by Gasteiger charge is -2.16. The molecule has 1 N–H and O–H groups in total. The molecule has 0 amide bonds. The molecule has 2 aromatic carbocycles. The largest absolute Gasteiger partial charge is 0.503 e. The first-order valence-corrected chi connectivity index (χ1v) is 9.51. The van der Waals surface area contributed by atoms with E-state index in [0.29, 0.717) is 34.1 Å². The fourth-order valence-corrected chi connectivity index (χ4v) is 4.36. The molecule has 0 aliphatic carbocycles. The van der Waals surface area contributed by atoms with Crippen LogP contribution in [0.5, 0.6) is 17.2 Å². The molecule has 0 aliphatic heterocycles. The summed E-state index contributed by atoms with van der Waals surface area (Å²) in [5, 5.41) is 10.1. The second-order valence-electron chi connectivity index (χ2n) is 4.07. The molecular weight excluding hydrogens is 614 g/mol. The van der Waals surface area contributed by atoms with Crippen LogP contribution in [-0.2, 0) is 0 Å². The summed E-state index contributed by atoms with van der Waals surface area (Å²) in [7, 11) is 5.75. The Morgan fingerprint density at radius 2 is 1.59 bits per heavy atom. The maximum atomic E-state index is 11.4. The van der Waals surface area contributed by atoms with Gasteiger partial charge in [0.15, 0.2) is 23.5 Å². The lowest BCUT2D eigenvalue weighted by molar-refractivity contribution is 0.112. The quantitative estimate of drug-likeness (QED) is 0.211. The maximum Gasteiger partial charge on any atom is 0.172 e. The fraction of sp³-hybridized carbons (Fsp3) is 0. The summed E-state index contributed by atoms with van der Waals surface area (Å²) < 4.78 is 8.47. The number of hydrogen-bond donors (Lipinski definition) is 1. The Morgan fingerprint density at radius 3 is 2.18 bits per heavy atom. The Morgan fingerprint density at radius 1 is 1.00 bits per heavy atom. The van der Waals surface area contributed by atoms with Gasteiger partial charge in [-0.25, -0.2) is 0 Å². The van der Waals surface area contributed by atoms with Crippen LogP contribution in [0.1, 0.15) is 10.4 Å². The molecule has 0 atom stereocenters. The summed E-state index contributed by atoms with van der Waals surface area (Å²) >= 11 is 16.6. The molecule has 0 bridgehead atoms. The molecule has 112 valence electrons. The van der Waals surface area contributed by atoms with Gasteiger partial charge in [-0.3, -0.25) is 4.79 Å². The van der Waals surface area contributed by atoms with Crippen LogP contribution < -0.4 is 10.2 Å². The van der Waals surface area contributed by atoms with Crippen molar-refractivity contribution in [3.63, 3.8) is 0 Å². The van der Waals surface area contributed by atoms with E-state index in [1.165, 1.54) is 6.07 Å². The number of phenolic OH excluding ortho intramolecular Hbond substituents is 1. The number of rotatable bonds is 3. The molecule has 0 saturated carbocycles. The standard InChI is InChI=1S/C13H4BBr5O3/c14-4-1-6(15)12(21)7(2-4)22-13-5(3-20)8(16)9(17)10(18)11(13)19/h1-3,21H. The average Bonchev–Trinajstić information content (AvgIpc) is 2.47. The molecule has 0 aliphatic rings. The lowest BCUT2D eigenvalue weighted by Crippen LogP contribution is -2.03. The first-order valence-electron chi connectivity index (χ1n) is 5.54. The molecule has 0 spiro atoms. The molecule has 9 heteroatoms. The van der Waals surface area contributed by atoms with Gasteiger partial charge in [-0.15, -0.1) is 0 Å². The zero-order chi connectivity index (χ0) is 16.6. The Bertz CT molecular complexity index is 779. The fourth-order valence-electron chi connectivity index (χ4n) is 1.62. The minimum absolute atomic E-state index is 0.117. The Kier molecular flexibility index (Phi) is 6.21. The molecule has 0 aromatic heterocycles. The number of ether oxygens (including phenoxy) is 1. The van der Waals surface area contributed by atoms with E-state index in [4.69, 9.17) is 12.6 Å². The zero-order valence-corrected chi connectivity index (χ0v) is 18.4. The van der Waals surface area contributed by atoms with Crippen molar-refractivity contribution in [1.29, 1.82) is 0 Å². The van der Waals surface area contributed by atoms with Gasteiger partial charge in [0.25, 0.3) is 0 Å². The molecule has 0 saturated heterocycles. The normalized spacial score (nSPS) is 10.6. The highest BCUT2D eigenvalue weighted by Gasteiger charge is 2.22. The van der Waals surface area contributed by atoms with Crippen molar-refractivity contribution in [2.75, 3.05) is 0 Å². The Balaban J connectivity index is 2.67. The van der Waals surface area contributed by atoms with E-state index in [2.05, 4.69) is 79.6 Å². The van der Waals surface area contributed by atoms with Crippen LogP contribution in [0.4, 0.5) is 0 Å². The van der Waals surface area contributed by atoms with Gasteiger partial charge in [0, 0.05) is 8.95 Å². The van der Waals surface area contributed by atoms with Crippen molar-refractivity contribution in [3.8, 4) is 17.2 Å². The molecule has 2 aromatic rings. The third-order valence-corrected chi connectivity index (χ3v) is 8.01. The number of aromatic hydroxyl groups is 1. The minimum atomic E-state index is -0.117. The van der Waals surface area contributed by atoms with E-state index < -0.39 is 0 Å². The topological polar surface area (TPSA) is 46.5 Å². The third-order valence-electron chi connectivity index (χ3n) is 2.64. The van der Waals surface area contributed by atoms with Gasteiger partial charge >= 0.3 is 0 Å². The van der Waals surface area contributed by atoms with Crippen LogP contribution in [0.3, 0.4) is 0 Å². The van der Waals surface area contributed by atoms with Crippen molar-refractivity contribution in [2.45, 2.75) is 0 Å². The molecule has 2 rings (SSSR count). The number of halogens is 5. The highest BCUT2D eigenvalue weighted by Crippen LogP contribution is 2.48. The predicted molar refractivity (Wildman–Crippen MR) is 104 cm³/mol. The number of hydrogen-bond acceptors (Lipinski definition) is 3. The van der Waals surface area contributed by atoms with Crippen molar-refractivity contribution in [1.82, 2.24) is 0 Å². The van der Waals surface area contributed by atoms with Gasteiger partial charge in [-0.2, -0.15) is 0 Å². The minimum Gasteiger partial charge on any atom is -0.503 e. The van der Waals surface area contributed by atoms with Crippen molar-refractivity contribution in [2.24, 2.45) is 0 Å². The first kappa shape index (κ1) is 18.5. The number of aldehydes is 1. The van der Waals surface area contributed by atoms with Gasteiger partial charge < -0.3 is 9.84 Å². The van der Waals surface area contributed by atoms with Crippen LogP contribution in [0, 0.1) is 0 Å². The van der Waals surface area contributed by atoms with Gasteiger partial charge in [-0.05, 0) is 85.7 Å². The second kappa shape index (κ2) is 7.38. The van der Waals surface area contributed by atoms with Crippen LogP contribution >= 0.6 is 79.6 Å². The smallest absolute Gasteiger partial charge is 0.172 e. The monoisotopic (exact) mass is 614 g/mol. The average molecular weight is 619 g/mol. The van der Waals surface area contributed by atoms with E-state index >= 15 is 0 Å². The predicted octanol–water partition coefficient (Wildman–Crippen LogP) is 5.60. The zero-order valence-electron chi connectivity index (χ0n) is 10.5. The number of carbonyl (C=O) groups excluding carboxylic acids is 1. The molecule has 0 unspecified atom stereocenters. The molecule has 0 heterocycles. The highest BCUT2D eigenvalue weighted by atomic mass is 79.9. The summed E-state index contributed by atoms with van der Waals surface area (Å²) in [6.45, 7) is 0. The number of carbonyl (C=O) groups is 1. The number of phenols is 1. The summed E-state index contributed by atoms with van der Waals surface area (Å²) in [4.78, 5) is 11.4. The van der Waals surface area contributed by atoms with Crippen LogP contribution in [0.25, 0.3) is 0 Å². The molecule has 3 nitrogen and oxygen atoms in total. The van der Waals surface area contributed by atoms with Gasteiger partial charge in [-0.1, -0.05) is 11.5 Å². The van der Waals surface area contributed by atoms with E-state index in [0.717, 1.165) is 0 Å². The second-order valence-corrected chi connectivity index (χ2v) is 8.09. The summed E-state index contributed by atoms with van der Waals surface area (Å²) in [5.74, 6) is 0.245. The Hall–Kier alpha value is 0.175. The van der Waals surface area contributed by atoms with Gasteiger partial charge in [0.1, 0.15) is 7.85 Å². The van der Waals surface area contributed by atoms with Gasteiger partial charge in [0.05, 0.1) is 19.0 Å². The first-order chi connectivity index (χ1) is 10.3. The third kappa shape index (κ3) is 3.48. The summed E-state index contributed by atoms with van der Waals surface area (Å²) in [5.41, 5.74) is 0.679. The van der Waals surface area contributed by atoms with E-state index in [1.807, 2.05) is 0 Å². The van der Waals surface area contributed by atoms with Gasteiger partial charge in [0.2, 0.25) is 0 Å². The van der Waals surface area contributed by atoms with Crippen LogP contribution in [-0.4, -0.2) is 19.2 Å².